The van der Waals surface area contributed by atoms with Crippen molar-refractivity contribution in [3.63, 3.8) is 0 Å². The molecule has 0 spiro atoms. The number of sulfonamides is 1. The van der Waals surface area contributed by atoms with Crippen molar-refractivity contribution in [2.45, 2.75) is 16.3 Å². The van der Waals surface area contributed by atoms with Gasteiger partial charge < -0.3 is 9.30 Å². The summed E-state index contributed by atoms with van der Waals surface area (Å²) in [5.41, 5.74) is 0.700. The van der Waals surface area contributed by atoms with Crippen LogP contribution in [0.2, 0.25) is 0 Å². The van der Waals surface area contributed by atoms with Gasteiger partial charge in [-0.05, 0) is 30.3 Å². The molecule has 27 heavy (non-hydrogen) atoms. The normalized spacial score (nSPS) is 13.3. The van der Waals surface area contributed by atoms with Gasteiger partial charge in [0.2, 0.25) is 4.80 Å². The van der Waals surface area contributed by atoms with Crippen molar-refractivity contribution >= 4 is 41.4 Å². The van der Waals surface area contributed by atoms with E-state index in [0.717, 1.165) is 17.6 Å². The molecule has 0 unspecified atom stereocenters. The summed E-state index contributed by atoms with van der Waals surface area (Å²) in [4.78, 5) is 0.529. The molecule has 0 aliphatic heterocycles. The predicted octanol–water partition coefficient (Wildman–Crippen LogP) is 2.04. The monoisotopic (exact) mass is 426 g/mol. The third-order valence-corrected chi connectivity index (χ3v) is 7.39. The highest BCUT2D eigenvalue weighted by Crippen LogP contribution is 2.22. The summed E-state index contributed by atoms with van der Waals surface area (Å²) >= 11 is 1.12. The van der Waals surface area contributed by atoms with Gasteiger partial charge in [0.1, 0.15) is 0 Å². The molecule has 0 saturated heterocycles. The van der Waals surface area contributed by atoms with Crippen molar-refractivity contribution in [1.29, 1.82) is 0 Å². The Hall–Kier alpha value is -2.01. The van der Waals surface area contributed by atoms with E-state index in [2.05, 4.69) is 4.40 Å². The van der Waals surface area contributed by atoms with Crippen LogP contribution >= 0.6 is 11.3 Å². The fourth-order valence-electron chi connectivity index (χ4n) is 2.50. The highest BCUT2D eigenvalue weighted by atomic mass is 32.2. The number of hydrogen-bond donors (Lipinski definition) is 0. The number of thiazole rings is 1. The Morgan fingerprint density at radius 3 is 2.37 bits per heavy atom. The van der Waals surface area contributed by atoms with Crippen LogP contribution in [-0.2, 0) is 31.1 Å². The van der Waals surface area contributed by atoms with Gasteiger partial charge in [0.25, 0.3) is 10.0 Å². The van der Waals surface area contributed by atoms with Crippen molar-refractivity contribution < 1.29 is 21.6 Å². The molecule has 7 nitrogen and oxygen atoms in total. The number of methoxy groups -OCH3 is 1. The van der Waals surface area contributed by atoms with Crippen molar-refractivity contribution in [3.05, 3.63) is 53.3 Å². The minimum absolute atomic E-state index is 0.0950. The highest BCUT2D eigenvalue weighted by molar-refractivity contribution is 7.90. The first kappa shape index (κ1) is 19.7. The van der Waals surface area contributed by atoms with Gasteiger partial charge in [-0.15, -0.1) is 4.40 Å². The van der Waals surface area contributed by atoms with Crippen LogP contribution in [0.25, 0.3) is 10.2 Å². The summed E-state index contributed by atoms with van der Waals surface area (Å²) in [6.45, 7) is 0.746. The van der Waals surface area contributed by atoms with E-state index in [1.807, 2.05) is 0 Å². The van der Waals surface area contributed by atoms with E-state index in [4.69, 9.17) is 4.74 Å². The van der Waals surface area contributed by atoms with Gasteiger partial charge in [-0.1, -0.05) is 29.5 Å². The third kappa shape index (κ3) is 4.29. The van der Waals surface area contributed by atoms with E-state index in [0.29, 0.717) is 23.4 Å². The largest absolute Gasteiger partial charge is 0.383 e. The van der Waals surface area contributed by atoms with Gasteiger partial charge in [-0.25, -0.2) is 8.42 Å². The number of ether oxygens (including phenoxy) is 1. The zero-order chi connectivity index (χ0) is 19.7. The molecule has 10 heteroatoms. The van der Waals surface area contributed by atoms with Crippen molar-refractivity contribution in [1.82, 2.24) is 4.57 Å². The number of benzene rings is 2. The lowest BCUT2D eigenvalue weighted by molar-refractivity contribution is 0.187. The molecule has 0 saturated carbocycles. The number of fused-ring (bicyclic) bond motifs is 1. The molecule has 144 valence electrons. The van der Waals surface area contributed by atoms with Gasteiger partial charge in [-0.2, -0.15) is 8.42 Å². The molecule has 1 aromatic heterocycles. The smallest absolute Gasteiger partial charge is 0.285 e. The van der Waals surface area contributed by atoms with Crippen molar-refractivity contribution in [3.8, 4) is 0 Å². The maximum atomic E-state index is 12.6. The molecular formula is C17H18N2O5S3. The van der Waals surface area contributed by atoms with Crippen LogP contribution in [0.15, 0.2) is 62.7 Å². The topological polar surface area (TPSA) is 94.8 Å². The summed E-state index contributed by atoms with van der Waals surface area (Å²) in [6.07, 6.45) is 1.13. The van der Waals surface area contributed by atoms with Crippen LogP contribution in [0, 0.1) is 0 Å². The lowest BCUT2D eigenvalue weighted by Crippen LogP contribution is -2.19. The van der Waals surface area contributed by atoms with Crippen LogP contribution in [0.4, 0.5) is 0 Å². The molecule has 0 atom stereocenters. The third-order valence-electron chi connectivity index (χ3n) is 3.84. The van der Waals surface area contributed by atoms with Crippen LogP contribution in [0.3, 0.4) is 0 Å². The Morgan fingerprint density at radius 1 is 1.04 bits per heavy atom. The SMILES string of the molecule is COCCn1c(=NS(=O)(=O)c2ccccc2)sc2cc(S(C)(=O)=O)ccc21. The summed E-state index contributed by atoms with van der Waals surface area (Å²) in [5.74, 6) is 0. The lowest BCUT2D eigenvalue weighted by Gasteiger charge is -2.05. The maximum absolute atomic E-state index is 12.6. The van der Waals surface area contributed by atoms with E-state index >= 15 is 0 Å². The Morgan fingerprint density at radius 2 is 1.74 bits per heavy atom. The summed E-state index contributed by atoms with van der Waals surface area (Å²) < 4.78 is 60.3. The Bertz CT molecular complexity index is 1240. The predicted molar refractivity (Wildman–Crippen MR) is 104 cm³/mol. The summed E-state index contributed by atoms with van der Waals surface area (Å²) in [6, 6.07) is 12.6. The fraction of sp³-hybridized carbons (Fsp3) is 0.235. The molecule has 3 aromatic rings. The van der Waals surface area contributed by atoms with Crippen LogP contribution in [0.1, 0.15) is 0 Å². The standard InChI is InChI=1S/C17H18N2O5S3/c1-24-11-10-19-15-9-8-14(26(2,20)21)12-16(15)25-17(19)18-27(22,23)13-6-4-3-5-7-13/h3-9,12H,10-11H2,1-2H3. The first-order valence-corrected chi connectivity index (χ1v) is 12.1. The number of nitrogens with zero attached hydrogens (tertiary/aromatic N) is 2. The minimum Gasteiger partial charge on any atom is -0.383 e. The lowest BCUT2D eigenvalue weighted by atomic mass is 10.3. The van der Waals surface area contributed by atoms with Crippen LogP contribution < -0.4 is 4.80 Å². The van der Waals surface area contributed by atoms with E-state index in [9.17, 15) is 16.8 Å². The van der Waals surface area contributed by atoms with Crippen LogP contribution in [-0.4, -0.2) is 41.4 Å². The van der Waals surface area contributed by atoms with Gasteiger partial charge in [0, 0.05) is 19.9 Å². The molecule has 0 aliphatic rings. The summed E-state index contributed by atoms with van der Waals surface area (Å²) in [5, 5.41) is 0. The second-order valence-corrected chi connectivity index (χ2v) is 10.4. The Balaban J connectivity index is 2.24. The second-order valence-electron chi connectivity index (χ2n) is 5.81. The molecule has 1 heterocycles. The molecule has 0 N–H and O–H groups in total. The molecule has 2 aromatic carbocycles. The van der Waals surface area contributed by atoms with E-state index in [1.165, 1.54) is 24.3 Å². The molecule has 3 rings (SSSR count). The zero-order valence-corrected chi connectivity index (χ0v) is 17.1. The highest BCUT2D eigenvalue weighted by Gasteiger charge is 2.16. The Kier molecular flexibility index (Phi) is 5.52. The molecule has 0 fully saturated rings. The Labute approximate surface area is 161 Å². The molecular weight excluding hydrogens is 408 g/mol. The molecule has 0 bridgehead atoms. The van der Waals surface area contributed by atoms with Crippen LogP contribution in [0.5, 0.6) is 0 Å². The zero-order valence-electron chi connectivity index (χ0n) is 14.7. The van der Waals surface area contributed by atoms with Crippen molar-refractivity contribution in [2.75, 3.05) is 20.0 Å². The minimum atomic E-state index is -3.89. The van der Waals surface area contributed by atoms with Gasteiger partial charge in [-0.3, -0.25) is 0 Å². The first-order chi connectivity index (χ1) is 12.7. The number of rotatable bonds is 6. The van der Waals surface area contributed by atoms with Crippen molar-refractivity contribution in [2.24, 2.45) is 4.40 Å². The number of hydrogen-bond acceptors (Lipinski definition) is 6. The van der Waals surface area contributed by atoms with E-state index in [1.54, 1.807) is 35.9 Å². The van der Waals surface area contributed by atoms with E-state index < -0.39 is 19.9 Å². The summed E-state index contributed by atoms with van der Waals surface area (Å²) in [7, 11) is -5.71. The number of aromatic nitrogens is 1. The number of sulfone groups is 1. The molecule has 0 amide bonds. The van der Waals surface area contributed by atoms with Gasteiger partial charge in [0.05, 0.1) is 26.6 Å². The average molecular weight is 427 g/mol. The fourth-order valence-corrected chi connectivity index (χ4v) is 5.54. The quantitative estimate of drug-likeness (QED) is 0.601. The molecule has 0 aliphatic carbocycles. The van der Waals surface area contributed by atoms with Gasteiger partial charge in [0.15, 0.2) is 9.84 Å². The average Bonchev–Trinajstić information content (AvgIpc) is 2.95. The van der Waals surface area contributed by atoms with Gasteiger partial charge >= 0.3 is 0 Å². The second kappa shape index (κ2) is 7.55. The molecule has 0 radical (unpaired) electrons. The van der Waals surface area contributed by atoms with E-state index in [-0.39, 0.29) is 14.6 Å². The first-order valence-electron chi connectivity index (χ1n) is 7.91. The maximum Gasteiger partial charge on any atom is 0.285 e.